The van der Waals surface area contributed by atoms with E-state index >= 15 is 0 Å². The summed E-state index contributed by atoms with van der Waals surface area (Å²) in [5.74, 6) is -1.34. The molecule has 3 rings (SSSR count). The van der Waals surface area contributed by atoms with Crippen LogP contribution in [0.15, 0.2) is 30.6 Å². The zero-order chi connectivity index (χ0) is 15.5. The van der Waals surface area contributed by atoms with E-state index in [2.05, 4.69) is 20.8 Å². The first-order valence-electron chi connectivity index (χ1n) is 7.00. The molecule has 1 aliphatic rings. The number of hydrogen-bond acceptors (Lipinski definition) is 5. The van der Waals surface area contributed by atoms with Gasteiger partial charge in [-0.15, -0.1) is 5.10 Å². The minimum Gasteiger partial charge on any atom is -0.481 e. The largest absolute Gasteiger partial charge is 0.481 e. The van der Waals surface area contributed by atoms with Gasteiger partial charge in [0.15, 0.2) is 0 Å². The second-order valence-electron chi connectivity index (χ2n) is 5.32. The predicted octanol–water partition coefficient (Wildman–Crippen LogP) is 0.645. The van der Waals surface area contributed by atoms with Crippen molar-refractivity contribution in [1.82, 2.24) is 25.5 Å². The Labute approximate surface area is 126 Å². The molecule has 8 heteroatoms. The van der Waals surface area contributed by atoms with E-state index in [9.17, 15) is 9.59 Å². The highest BCUT2D eigenvalue weighted by Gasteiger charge is 2.30. The number of hydrogen-bond donors (Lipinski definition) is 2. The number of carboxylic acids is 1. The third-order valence-electron chi connectivity index (χ3n) is 3.86. The van der Waals surface area contributed by atoms with Crippen molar-refractivity contribution >= 4 is 11.9 Å². The molecule has 8 nitrogen and oxygen atoms in total. The Bertz CT molecular complexity index is 668. The molecule has 1 saturated carbocycles. The van der Waals surface area contributed by atoms with Crippen molar-refractivity contribution in [1.29, 1.82) is 0 Å². The van der Waals surface area contributed by atoms with Crippen molar-refractivity contribution in [2.24, 2.45) is 5.92 Å². The van der Waals surface area contributed by atoms with Gasteiger partial charge in [0.05, 0.1) is 11.6 Å². The summed E-state index contributed by atoms with van der Waals surface area (Å²) in [6, 6.07) is 6.80. The molecule has 0 unspecified atom stereocenters. The standard InChI is InChI=1S/C14H15N5O3/c20-13(16-11-4-1-10(7-11)14(21)22)9-2-5-12(6-3-9)19-8-15-17-18-19/h2-3,5-6,8,10-11H,1,4,7H2,(H,16,20)(H,21,22)/t10-,11+/m1/s1. The van der Waals surface area contributed by atoms with Crippen LogP contribution in [0.4, 0.5) is 0 Å². The first-order valence-corrected chi connectivity index (χ1v) is 7.00. The summed E-state index contributed by atoms with van der Waals surface area (Å²) in [6.07, 6.45) is 3.27. The maximum Gasteiger partial charge on any atom is 0.306 e. The van der Waals surface area contributed by atoms with Crippen molar-refractivity contribution in [3.63, 3.8) is 0 Å². The van der Waals surface area contributed by atoms with Crippen LogP contribution in [0.1, 0.15) is 29.6 Å². The van der Waals surface area contributed by atoms with Crippen LogP contribution in [0.25, 0.3) is 5.69 Å². The minimum atomic E-state index is -0.789. The maximum atomic E-state index is 12.2. The van der Waals surface area contributed by atoms with Gasteiger partial charge in [-0.3, -0.25) is 9.59 Å². The highest BCUT2D eigenvalue weighted by Crippen LogP contribution is 2.25. The zero-order valence-corrected chi connectivity index (χ0v) is 11.7. The molecule has 0 radical (unpaired) electrons. The molecule has 1 amide bonds. The number of nitrogens with one attached hydrogen (secondary N) is 1. The average Bonchev–Trinajstić information content (AvgIpc) is 3.19. The fourth-order valence-corrected chi connectivity index (χ4v) is 2.65. The second kappa shape index (κ2) is 5.92. The summed E-state index contributed by atoms with van der Waals surface area (Å²) in [4.78, 5) is 23.1. The number of rotatable bonds is 4. The number of benzene rings is 1. The van der Waals surface area contributed by atoms with Gasteiger partial charge in [-0.1, -0.05) is 0 Å². The van der Waals surface area contributed by atoms with Gasteiger partial charge in [-0.2, -0.15) is 0 Å². The Hall–Kier alpha value is -2.77. The van der Waals surface area contributed by atoms with Crippen LogP contribution >= 0.6 is 0 Å². The van der Waals surface area contributed by atoms with E-state index in [-0.39, 0.29) is 17.9 Å². The van der Waals surface area contributed by atoms with Crippen LogP contribution < -0.4 is 5.32 Å². The molecule has 1 aromatic carbocycles. The number of nitrogens with zero attached hydrogens (tertiary/aromatic N) is 4. The molecule has 0 bridgehead atoms. The maximum absolute atomic E-state index is 12.2. The molecule has 114 valence electrons. The molecule has 0 aliphatic heterocycles. The van der Waals surface area contributed by atoms with Gasteiger partial charge in [0.2, 0.25) is 0 Å². The fraction of sp³-hybridized carbons (Fsp3) is 0.357. The number of carbonyl (C=O) groups excluding carboxylic acids is 1. The monoisotopic (exact) mass is 301 g/mol. The van der Waals surface area contributed by atoms with Gasteiger partial charge in [0, 0.05) is 11.6 Å². The Morgan fingerprint density at radius 3 is 2.59 bits per heavy atom. The smallest absolute Gasteiger partial charge is 0.306 e. The summed E-state index contributed by atoms with van der Waals surface area (Å²) in [5.41, 5.74) is 1.28. The van der Waals surface area contributed by atoms with E-state index in [0.29, 0.717) is 24.8 Å². The van der Waals surface area contributed by atoms with E-state index in [1.54, 1.807) is 24.3 Å². The summed E-state index contributed by atoms with van der Waals surface area (Å²) in [5, 5.41) is 22.7. The van der Waals surface area contributed by atoms with Crippen LogP contribution in [-0.4, -0.2) is 43.2 Å². The summed E-state index contributed by atoms with van der Waals surface area (Å²) >= 11 is 0. The molecular formula is C14H15N5O3. The zero-order valence-electron chi connectivity index (χ0n) is 11.7. The van der Waals surface area contributed by atoms with Gasteiger partial charge in [-0.05, 0) is 54.0 Å². The number of tetrazole rings is 1. The van der Waals surface area contributed by atoms with Crippen molar-refractivity contribution in [2.45, 2.75) is 25.3 Å². The lowest BCUT2D eigenvalue weighted by Gasteiger charge is -2.12. The molecule has 2 N–H and O–H groups in total. The highest BCUT2D eigenvalue weighted by molar-refractivity contribution is 5.94. The first kappa shape index (κ1) is 14.2. The van der Waals surface area contributed by atoms with Gasteiger partial charge in [-0.25, -0.2) is 4.68 Å². The lowest BCUT2D eigenvalue weighted by atomic mass is 10.1. The Balaban J connectivity index is 1.62. The molecule has 1 aromatic heterocycles. The SMILES string of the molecule is O=C(N[C@H]1CC[C@@H](C(=O)O)C1)c1ccc(-n2cnnn2)cc1. The number of aliphatic carboxylic acids is 1. The van der Waals surface area contributed by atoms with Gasteiger partial charge >= 0.3 is 5.97 Å². The molecule has 1 fully saturated rings. The molecule has 0 saturated heterocycles. The van der Waals surface area contributed by atoms with Crippen molar-refractivity contribution < 1.29 is 14.7 Å². The Kier molecular flexibility index (Phi) is 3.82. The number of aromatic nitrogens is 4. The van der Waals surface area contributed by atoms with Gasteiger partial charge in [0.25, 0.3) is 5.91 Å². The van der Waals surface area contributed by atoms with E-state index in [4.69, 9.17) is 5.11 Å². The first-order chi connectivity index (χ1) is 10.6. The van der Waals surface area contributed by atoms with Crippen molar-refractivity contribution in [2.75, 3.05) is 0 Å². The average molecular weight is 301 g/mol. The highest BCUT2D eigenvalue weighted by atomic mass is 16.4. The fourth-order valence-electron chi connectivity index (χ4n) is 2.65. The van der Waals surface area contributed by atoms with E-state index in [0.717, 1.165) is 5.69 Å². The number of amides is 1. The minimum absolute atomic E-state index is 0.0761. The van der Waals surface area contributed by atoms with Crippen LogP contribution in [0, 0.1) is 5.92 Å². The van der Waals surface area contributed by atoms with Crippen LogP contribution in [-0.2, 0) is 4.79 Å². The van der Waals surface area contributed by atoms with Crippen molar-refractivity contribution in [3.05, 3.63) is 36.2 Å². The number of carbonyl (C=O) groups is 2. The Morgan fingerprint density at radius 2 is 2.00 bits per heavy atom. The molecule has 2 aromatic rings. The second-order valence-corrected chi connectivity index (χ2v) is 5.32. The van der Waals surface area contributed by atoms with E-state index in [1.165, 1.54) is 11.0 Å². The normalized spacial score (nSPS) is 20.7. The summed E-state index contributed by atoms with van der Waals surface area (Å²) in [6.45, 7) is 0. The van der Waals surface area contributed by atoms with E-state index < -0.39 is 5.97 Å². The molecule has 1 heterocycles. The van der Waals surface area contributed by atoms with Gasteiger partial charge < -0.3 is 10.4 Å². The van der Waals surface area contributed by atoms with Crippen molar-refractivity contribution in [3.8, 4) is 5.69 Å². The Morgan fingerprint density at radius 1 is 1.23 bits per heavy atom. The summed E-state index contributed by atoms with van der Waals surface area (Å²) < 4.78 is 1.50. The molecule has 1 aliphatic carbocycles. The third-order valence-corrected chi connectivity index (χ3v) is 3.86. The molecule has 22 heavy (non-hydrogen) atoms. The predicted molar refractivity (Wildman–Crippen MR) is 75.4 cm³/mol. The molecule has 2 atom stereocenters. The molecule has 0 spiro atoms. The lowest BCUT2D eigenvalue weighted by molar-refractivity contribution is -0.141. The quantitative estimate of drug-likeness (QED) is 0.857. The van der Waals surface area contributed by atoms with Crippen LogP contribution in [0.2, 0.25) is 0 Å². The number of carboxylic acid groups (broad SMARTS) is 1. The lowest BCUT2D eigenvalue weighted by Crippen LogP contribution is -2.33. The van der Waals surface area contributed by atoms with Crippen LogP contribution in [0.5, 0.6) is 0 Å². The van der Waals surface area contributed by atoms with E-state index in [1.807, 2.05) is 0 Å². The molecular weight excluding hydrogens is 286 g/mol. The third kappa shape index (κ3) is 2.95. The van der Waals surface area contributed by atoms with Gasteiger partial charge in [0.1, 0.15) is 6.33 Å². The van der Waals surface area contributed by atoms with Crippen LogP contribution in [0.3, 0.4) is 0 Å². The summed E-state index contributed by atoms with van der Waals surface area (Å²) in [7, 11) is 0. The topological polar surface area (TPSA) is 110 Å².